The normalized spacial score (nSPS) is 13.8. The molecule has 0 fully saturated rings. The van der Waals surface area contributed by atoms with E-state index in [-0.39, 0.29) is 21.3 Å². The highest BCUT2D eigenvalue weighted by molar-refractivity contribution is 8.25. The maximum absolute atomic E-state index is 10.1. The molecule has 2 aromatic rings. The Bertz CT molecular complexity index is 686. The highest BCUT2D eigenvalue weighted by Crippen LogP contribution is 2.56. The molecular weight excluding hydrogens is 344 g/mol. The van der Waals surface area contributed by atoms with E-state index in [0.717, 1.165) is 0 Å². The van der Waals surface area contributed by atoms with Crippen molar-refractivity contribution in [2.24, 2.45) is 0 Å². The lowest BCUT2D eigenvalue weighted by molar-refractivity contribution is 0.289. The van der Waals surface area contributed by atoms with Gasteiger partial charge in [-0.15, -0.1) is 10.6 Å². The molecule has 7 nitrogen and oxygen atoms in total. The van der Waals surface area contributed by atoms with Gasteiger partial charge in [-0.05, 0) is 55.0 Å². The molecule has 23 heavy (non-hydrogen) atoms. The predicted molar refractivity (Wildman–Crippen MR) is 89.1 cm³/mol. The molecule has 128 valence electrons. The lowest BCUT2D eigenvalue weighted by Gasteiger charge is -2.36. The molecule has 0 amide bonds. The molecule has 2 aromatic carbocycles. The van der Waals surface area contributed by atoms with Crippen LogP contribution in [0.5, 0.6) is 11.5 Å². The Morgan fingerprint density at radius 2 is 1.43 bits per heavy atom. The largest absolute Gasteiger partial charge is 0.508 e. The molecule has 0 spiro atoms. The van der Waals surface area contributed by atoms with E-state index in [4.69, 9.17) is 4.18 Å². The lowest BCUT2D eigenvalue weighted by atomic mass is 10.2. The number of aromatic hydroxyl groups is 2. The first-order valence-electron chi connectivity index (χ1n) is 6.39. The van der Waals surface area contributed by atoms with Crippen molar-refractivity contribution in [1.82, 2.24) is 0 Å². The van der Waals surface area contributed by atoms with Crippen LogP contribution < -0.4 is 0 Å². The third kappa shape index (κ3) is 4.30. The van der Waals surface area contributed by atoms with Crippen LogP contribution in [0.15, 0.2) is 52.3 Å². The zero-order valence-corrected chi connectivity index (χ0v) is 13.8. The summed E-state index contributed by atoms with van der Waals surface area (Å²) in [5.74, 6) is -0.758. The standard InChI is InChI=1S/C14H18O7S2/c1-10-8-13(6-7-14(10)16)22(17,18)9-21-23(19,20)12-4-2-11(15)3-5-12/h2-8,15-20H,9H2,1H3. The second-order valence-electron chi connectivity index (χ2n) is 4.84. The Labute approximate surface area is 136 Å². The number of aryl methyl sites for hydroxylation is 1. The maximum Gasteiger partial charge on any atom is 0.157 e. The zero-order chi connectivity index (χ0) is 17.3. The van der Waals surface area contributed by atoms with Crippen molar-refractivity contribution < 1.29 is 32.6 Å². The van der Waals surface area contributed by atoms with Gasteiger partial charge in [-0.25, -0.2) is 0 Å². The van der Waals surface area contributed by atoms with Crippen molar-refractivity contribution >= 4 is 21.5 Å². The van der Waals surface area contributed by atoms with Crippen LogP contribution >= 0.6 is 21.5 Å². The van der Waals surface area contributed by atoms with Gasteiger partial charge in [0.05, 0.1) is 9.79 Å². The van der Waals surface area contributed by atoms with Gasteiger partial charge in [0.2, 0.25) is 0 Å². The van der Waals surface area contributed by atoms with E-state index >= 15 is 0 Å². The van der Waals surface area contributed by atoms with E-state index in [2.05, 4.69) is 0 Å². The third-order valence-electron chi connectivity index (χ3n) is 3.07. The summed E-state index contributed by atoms with van der Waals surface area (Å²) in [6.45, 7) is 1.60. The van der Waals surface area contributed by atoms with Gasteiger partial charge in [0.15, 0.2) is 5.94 Å². The van der Waals surface area contributed by atoms with Gasteiger partial charge < -0.3 is 19.3 Å². The maximum atomic E-state index is 10.1. The van der Waals surface area contributed by atoms with E-state index in [1.165, 1.54) is 42.5 Å². The number of phenolic OH excluding ortho intramolecular Hbond substituents is 2. The monoisotopic (exact) mass is 362 g/mol. The van der Waals surface area contributed by atoms with Gasteiger partial charge >= 0.3 is 0 Å². The summed E-state index contributed by atoms with van der Waals surface area (Å²) in [5, 5.41) is 18.6. The first-order chi connectivity index (χ1) is 10.6. The first kappa shape index (κ1) is 17.9. The Morgan fingerprint density at radius 1 is 0.870 bits per heavy atom. The van der Waals surface area contributed by atoms with E-state index in [1.54, 1.807) is 6.92 Å². The Morgan fingerprint density at radius 3 is 2.00 bits per heavy atom. The number of benzene rings is 2. The van der Waals surface area contributed by atoms with Crippen molar-refractivity contribution in [2.75, 3.05) is 5.94 Å². The minimum absolute atomic E-state index is 0.00684. The summed E-state index contributed by atoms with van der Waals surface area (Å²) in [6.07, 6.45) is 0. The molecule has 0 aromatic heterocycles. The third-order valence-corrected chi connectivity index (χ3v) is 6.00. The van der Waals surface area contributed by atoms with Crippen LogP contribution in [-0.2, 0) is 4.18 Å². The van der Waals surface area contributed by atoms with Crippen LogP contribution in [0.25, 0.3) is 0 Å². The van der Waals surface area contributed by atoms with Crippen LogP contribution in [0.2, 0.25) is 0 Å². The molecule has 0 saturated carbocycles. The van der Waals surface area contributed by atoms with Gasteiger partial charge in [0.1, 0.15) is 22.4 Å². The number of hydrogen-bond acceptors (Lipinski definition) is 7. The smallest absolute Gasteiger partial charge is 0.157 e. The van der Waals surface area contributed by atoms with Crippen molar-refractivity contribution in [3.05, 3.63) is 48.0 Å². The van der Waals surface area contributed by atoms with E-state index < -0.39 is 27.4 Å². The molecule has 0 aliphatic rings. The van der Waals surface area contributed by atoms with Crippen LogP contribution in [0.1, 0.15) is 5.56 Å². The van der Waals surface area contributed by atoms with E-state index in [1.807, 2.05) is 0 Å². The van der Waals surface area contributed by atoms with E-state index in [9.17, 15) is 28.4 Å². The van der Waals surface area contributed by atoms with Gasteiger partial charge in [-0.3, -0.25) is 13.3 Å². The second kappa shape index (κ2) is 6.57. The molecule has 0 atom stereocenters. The minimum Gasteiger partial charge on any atom is -0.508 e. The Kier molecular flexibility index (Phi) is 5.11. The number of phenols is 2. The molecule has 0 aliphatic carbocycles. The second-order valence-corrected chi connectivity index (χ2v) is 8.58. The quantitative estimate of drug-likeness (QED) is 0.469. The average molecular weight is 362 g/mol. The molecular formula is C14H18O7S2. The molecule has 6 N–H and O–H groups in total. The van der Waals surface area contributed by atoms with Gasteiger partial charge in [0.25, 0.3) is 0 Å². The molecule has 0 aliphatic heterocycles. The number of rotatable bonds is 5. The van der Waals surface area contributed by atoms with Crippen LogP contribution in [0, 0.1) is 6.92 Å². The molecule has 0 bridgehead atoms. The van der Waals surface area contributed by atoms with Crippen molar-refractivity contribution in [1.29, 1.82) is 0 Å². The van der Waals surface area contributed by atoms with Gasteiger partial charge in [0, 0.05) is 0 Å². The van der Waals surface area contributed by atoms with Crippen LogP contribution in [0.3, 0.4) is 0 Å². The highest BCUT2D eigenvalue weighted by atomic mass is 32.3. The molecule has 2 rings (SSSR count). The summed E-state index contributed by atoms with van der Waals surface area (Å²) in [6, 6.07) is 9.08. The van der Waals surface area contributed by atoms with Crippen molar-refractivity contribution in [3.63, 3.8) is 0 Å². The minimum atomic E-state index is -3.70. The van der Waals surface area contributed by atoms with Gasteiger partial charge in [-0.2, -0.15) is 0 Å². The predicted octanol–water partition coefficient (Wildman–Crippen LogP) is 4.21. The fraction of sp³-hybridized carbons (Fsp3) is 0.143. The molecule has 9 heteroatoms. The summed E-state index contributed by atoms with van der Waals surface area (Å²) in [5.41, 5.74) is 0.451. The Balaban J connectivity index is 2.13. The van der Waals surface area contributed by atoms with Crippen LogP contribution in [-0.4, -0.2) is 34.4 Å². The summed E-state index contributed by atoms with van der Waals surface area (Å²) in [7, 11) is -7.13. The van der Waals surface area contributed by atoms with E-state index in [0.29, 0.717) is 5.56 Å². The molecule has 0 saturated heterocycles. The van der Waals surface area contributed by atoms with Crippen molar-refractivity contribution in [3.8, 4) is 11.5 Å². The molecule has 0 radical (unpaired) electrons. The fourth-order valence-corrected chi connectivity index (χ4v) is 4.21. The summed E-state index contributed by atoms with van der Waals surface area (Å²) < 4.78 is 45.2. The fourth-order valence-electron chi connectivity index (χ4n) is 1.72. The average Bonchev–Trinajstić information content (AvgIpc) is 2.48. The van der Waals surface area contributed by atoms with Crippen LogP contribution in [0.4, 0.5) is 0 Å². The molecule has 0 heterocycles. The summed E-state index contributed by atoms with van der Waals surface area (Å²) >= 11 is 0. The SMILES string of the molecule is Cc1cc(S(O)(O)COS(O)(O)c2ccc(O)cc2)ccc1O. The summed E-state index contributed by atoms with van der Waals surface area (Å²) in [4.78, 5) is 0.126. The van der Waals surface area contributed by atoms with Crippen molar-refractivity contribution in [2.45, 2.75) is 16.7 Å². The first-order valence-corrected chi connectivity index (χ1v) is 9.58. The lowest BCUT2D eigenvalue weighted by Crippen LogP contribution is -2.11. The topological polar surface area (TPSA) is 131 Å². The van der Waals surface area contributed by atoms with Gasteiger partial charge in [-0.1, -0.05) is 0 Å². The highest BCUT2D eigenvalue weighted by Gasteiger charge is 2.26. The number of hydrogen-bond donors (Lipinski definition) is 6. The molecule has 0 unspecified atom stereocenters. The Hall–Kier alpha value is -1.46. The zero-order valence-electron chi connectivity index (χ0n) is 12.2.